The molecule has 0 radical (unpaired) electrons. The zero-order chi connectivity index (χ0) is 12.3. The predicted octanol–water partition coefficient (Wildman–Crippen LogP) is 1.53. The van der Waals surface area contributed by atoms with E-state index in [1.54, 1.807) is 0 Å². The highest BCUT2D eigenvalue weighted by Crippen LogP contribution is 1.92. The number of hydrogen-bond donors (Lipinski definition) is 1. The summed E-state index contributed by atoms with van der Waals surface area (Å²) >= 11 is 0. The van der Waals surface area contributed by atoms with Crippen LogP contribution in [0, 0.1) is 0 Å². The number of aromatic nitrogens is 3. The van der Waals surface area contributed by atoms with Crippen LogP contribution < -0.4 is 0 Å². The first kappa shape index (κ1) is 16.2. The van der Waals surface area contributed by atoms with Gasteiger partial charge in [0, 0.05) is 6.92 Å². The Bertz CT molecular complexity index is 259. The standard InChI is InChI=1S/C6H9N3O2.2C2H6/c1-5(11)6-4-9(2-3-10)8-7-6;2*1-2/h4,10H,2-3H2,1H3;2*1-2H3. The largest absolute Gasteiger partial charge is 0.394 e. The lowest BCUT2D eigenvalue weighted by Gasteiger charge is -1.91. The topological polar surface area (TPSA) is 68.0 Å². The predicted molar refractivity (Wildman–Crippen MR) is 59.8 cm³/mol. The molecular weight excluding hydrogens is 194 g/mol. The Morgan fingerprint density at radius 1 is 1.40 bits per heavy atom. The van der Waals surface area contributed by atoms with E-state index in [0.29, 0.717) is 12.2 Å². The van der Waals surface area contributed by atoms with Crippen molar-refractivity contribution in [2.24, 2.45) is 0 Å². The molecule has 0 aliphatic carbocycles. The van der Waals surface area contributed by atoms with Gasteiger partial charge < -0.3 is 5.11 Å². The summed E-state index contributed by atoms with van der Waals surface area (Å²) in [5.74, 6) is -0.116. The summed E-state index contributed by atoms with van der Waals surface area (Å²) in [4.78, 5) is 10.7. The second kappa shape index (κ2) is 10.8. The molecule has 5 nitrogen and oxygen atoms in total. The van der Waals surface area contributed by atoms with E-state index in [2.05, 4.69) is 10.3 Å². The Kier molecular flexibility index (Phi) is 11.7. The summed E-state index contributed by atoms with van der Waals surface area (Å²) in [5.41, 5.74) is 0.332. The Hall–Kier alpha value is -1.23. The smallest absolute Gasteiger partial charge is 0.181 e. The highest BCUT2D eigenvalue weighted by molar-refractivity contribution is 5.91. The van der Waals surface area contributed by atoms with Crippen molar-refractivity contribution in [3.05, 3.63) is 11.9 Å². The van der Waals surface area contributed by atoms with Crippen molar-refractivity contribution >= 4 is 5.78 Å². The van der Waals surface area contributed by atoms with Crippen LogP contribution in [0.25, 0.3) is 0 Å². The average molecular weight is 215 g/mol. The molecule has 0 spiro atoms. The fourth-order valence-electron chi connectivity index (χ4n) is 0.671. The van der Waals surface area contributed by atoms with Crippen molar-refractivity contribution in [3.8, 4) is 0 Å². The summed E-state index contributed by atoms with van der Waals surface area (Å²) in [6.07, 6.45) is 1.51. The van der Waals surface area contributed by atoms with E-state index in [4.69, 9.17) is 5.11 Å². The van der Waals surface area contributed by atoms with E-state index < -0.39 is 0 Å². The maximum absolute atomic E-state index is 10.7. The summed E-state index contributed by atoms with van der Waals surface area (Å²) < 4.78 is 1.43. The van der Waals surface area contributed by atoms with Crippen molar-refractivity contribution in [1.29, 1.82) is 0 Å². The lowest BCUT2D eigenvalue weighted by molar-refractivity contribution is 0.101. The van der Waals surface area contributed by atoms with Crippen LogP contribution in [0.15, 0.2) is 6.20 Å². The minimum absolute atomic E-state index is 0.000699. The van der Waals surface area contributed by atoms with Gasteiger partial charge in [-0.3, -0.25) is 4.79 Å². The lowest BCUT2D eigenvalue weighted by Crippen LogP contribution is -2.02. The Labute approximate surface area is 91.1 Å². The molecule has 88 valence electrons. The van der Waals surface area contributed by atoms with E-state index in [1.165, 1.54) is 17.8 Å². The maximum atomic E-state index is 10.7. The monoisotopic (exact) mass is 215 g/mol. The molecule has 0 amide bonds. The molecule has 1 aromatic heterocycles. The van der Waals surface area contributed by atoms with Gasteiger partial charge in [-0.1, -0.05) is 32.9 Å². The van der Waals surface area contributed by atoms with Crippen molar-refractivity contribution in [2.75, 3.05) is 6.61 Å². The van der Waals surface area contributed by atoms with E-state index in [0.717, 1.165) is 0 Å². The van der Waals surface area contributed by atoms with Crippen LogP contribution in [0.2, 0.25) is 0 Å². The molecule has 0 bridgehead atoms. The molecule has 0 atom stereocenters. The number of carbonyl (C=O) groups is 1. The highest BCUT2D eigenvalue weighted by atomic mass is 16.3. The number of Topliss-reactive ketones (excluding diaryl/α,β-unsaturated/α-hetero) is 1. The minimum Gasteiger partial charge on any atom is -0.394 e. The molecule has 0 saturated carbocycles. The third-order valence-electron chi connectivity index (χ3n) is 1.23. The van der Waals surface area contributed by atoms with Gasteiger partial charge in [-0.15, -0.1) is 5.10 Å². The zero-order valence-corrected chi connectivity index (χ0v) is 10.2. The lowest BCUT2D eigenvalue weighted by atomic mass is 10.3. The van der Waals surface area contributed by atoms with Gasteiger partial charge in [-0.2, -0.15) is 0 Å². The number of aliphatic hydroxyl groups excluding tert-OH is 1. The van der Waals surface area contributed by atoms with Crippen LogP contribution in [0.4, 0.5) is 0 Å². The molecule has 1 heterocycles. The number of carbonyl (C=O) groups excluding carboxylic acids is 1. The molecule has 5 heteroatoms. The van der Waals surface area contributed by atoms with Gasteiger partial charge in [0.1, 0.15) is 5.69 Å². The molecule has 1 rings (SSSR count). The van der Waals surface area contributed by atoms with Crippen LogP contribution in [-0.2, 0) is 6.54 Å². The SMILES string of the molecule is CC.CC.CC(=O)c1cn(CCO)nn1. The number of nitrogens with zero attached hydrogens (tertiary/aromatic N) is 3. The van der Waals surface area contributed by atoms with Crippen molar-refractivity contribution in [3.63, 3.8) is 0 Å². The van der Waals surface area contributed by atoms with Gasteiger partial charge in [0.2, 0.25) is 0 Å². The molecule has 1 N–H and O–H groups in total. The quantitative estimate of drug-likeness (QED) is 0.776. The van der Waals surface area contributed by atoms with Crippen LogP contribution in [-0.4, -0.2) is 32.5 Å². The fraction of sp³-hybridized carbons (Fsp3) is 0.700. The number of hydrogen-bond acceptors (Lipinski definition) is 4. The molecular formula is C10H21N3O2. The highest BCUT2D eigenvalue weighted by Gasteiger charge is 2.03. The van der Waals surface area contributed by atoms with E-state index in [9.17, 15) is 4.79 Å². The van der Waals surface area contributed by atoms with Crippen LogP contribution in [0.3, 0.4) is 0 Å². The van der Waals surface area contributed by atoms with E-state index >= 15 is 0 Å². The third-order valence-corrected chi connectivity index (χ3v) is 1.23. The Balaban J connectivity index is 0. The molecule has 0 saturated heterocycles. The second-order valence-corrected chi connectivity index (χ2v) is 2.15. The molecule has 1 aromatic rings. The molecule has 0 aromatic carbocycles. The average Bonchev–Trinajstić information content (AvgIpc) is 2.73. The summed E-state index contributed by atoms with van der Waals surface area (Å²) in [7, 11) is 0. The molecule has 0 aliphatic heterocycles. The van der Waals surface area contributed by atoms with Crippen molar-refractivity contribution in [2.45, 2.75) is 41.2 Å². The summed E-state index contributed by atoms with van der Waals surface area (Å²) in [6.45, 7) is 9.80. The Morgan fingerprint density at radius 3 is 2.27 bits per heavy atom. The zero-order valence-electron chi connectivity index (χ0n) is 10.2. The van der Waals surface area contributed by atoms with E-state index in [-0.39, 0.29) is 12.4 Å². The number of aliphatic hydroxyl groups is 1. The van der Waals surface area contributed by atoms with Crippen LogP contribution >= 0.6 is 0 Å². The molecule has 0 unspecified atom stereocenters. The first-order valence-electron chi connectivity index (χ1n) is 5.26. The van der Waals surface area contributed by atoms with Crippen LogP contribution in [0.5, 0.6) is 0 Å². The molecule has 15 heavy (non-hydrogen) atoms. The van der Waals surface area contributed by atoms with Gasteiger partial charge in [0.05, 0.1) is 19.3 Å². The first-order chi connectivity index (χ1) is 7.24. The normalized spacial score (nSPS) is 8.13. The maximum Gasteiger partial charge on any atom is 0.181 e. The van der Waals surface area contributed by atoms with Gasteiger partial charge in [0.15, 0.2) is 5.78 Å². The van der Waals surface area contributed by atoms with Gasteiger partial charge in [-0.25, -0.2) is 4.68 Å². The van der Waals surface area contributed by atoms with Gasteiger partial charge in [-0.05, 0) is 0 Å². The second-order valence-electron chi connectivity index (χ2n) is 2.15. The summed E-state index contributed by atoms with van der Waals surface area (Å²) in [6, 6.07) is 0. The van der Waals surface area contributed by atoms with Crippen LogP contribution in [0.1, 0.15) is 45.1 Å². The van der Waals surface area contributed by atoms with E-state index in [1.807, 2.05) is 27.7 Å². The molecule has 0 aliphatic rings. The van der Waals surface area contributed by atoms with Gasteiger partial charge >= 0.3 is 0 Å². The fourth-order valence-corrected chi connectivity index (χ4v) is 0.671. The number of rotatable bonds is 3. The Morgan fingerprint density at radius 2 is 1.93 bits per heavy atom. The number of ketones is 1. The van der Waals surface area contributed by atoms with Crippen molar-refractivity contribution < 1.29 is 9.90 Å². The summed E-state index contributed by atoms with van der Waals surface area (Å²) in [5, 5.41) is 15.7. The van der Waals surface area contributed by atoms with Gasteiger partial charge in [0.25, 0.3) is 0 Å². The minimum atomic E-state index is -0.116. The molecule has 0 fully saturated rings. The van der Waals surface area contributed by atoms with Crippen molar-refractivity contribution in [1.82, 2.24) is 15.0 Å². The first-order valence-corrected chi connectivity index (χ1v) is 5.26. The third kappa shape index (κ3) is 6.79.